The molecule has 0 unspecified atom stereocenters. The molecule has 0 bridgehead atoms. The van der Waals surface area contributed by atoms with Crippen molar-refractivity contribution in [2.24, 2.45) is 0 Å². The molecule has 2 N–H and O–H groups in total. The minimum atomic E-state index is -0.683. The molecule has 0 saturated carbocycles. The number of hydrogen-bond donors (Lipinski definition) is 2. The van der Waals surface area contributed by atoms with Gasteiger partial charge in [0.15, 0.2) is 5.57 Å². The van der Waals surface area contributed by atoms with Gasteiger partial charge in [-0.05, 0) is 37.1 Å². The van der Waals surface area contributed by atoms with Crippen LogP contribution in [0.25, 0.3) is 0 Å². The van der Waals surface area contributed by atoms with Crippen LogP contribution in [0.3, 0.4) is 0 Å². The summed E-state index contributed by atoms with van der Waals surface area (Å²) in [5.41, 5.74) is 2.24. The van der Waals surface area contributed by atoms with E-state index in [2.05, 4.69) is 10.6 Å². The molecule has 2 aromatic carbocycles. The van der Waals surface area contributed by atoms with Gasteiger partial charge in [0.2, 0.25) is 5.91 Å². The zero-order valence-electron chi connectivity index (χ0n) is 15.1. The van der Waals surface area contributed by atoms with E-state index in [0.717, 1.165) is 5.56 Å². The molecule has 0 atom stereocenters. The molecule has 0 heterocycles. The minimum absolute atomic E-state index is 0.0872. The standard InChI is InChI=1S/C21H21N3O3/c1-2-27-21(26)17(14-22)15-23-18-9-6-10-19(13-18)24-20(25)12-11-16-7-4-3-5-8-16/h3-10,13,15,23H,2,11-12H2,1H3,(H,24,25)/b17-15-. The van der Waals surface area contributed by atoms with Crippen molar-refractivity contribution in [3.8, 4) is 6.07 Å². The molecule has 1 amide bonds. The summed E-state index contributed by atoms with van der Waals surface area (Å²) in [4.78, 5) is 23.7. The highest BCUT2D eigenvalue weighted by Crippen LogP contribution is 2.16. The number of benzene rings is 2. The highest BCUT2D eigenvalue weighted by atomic mass is 16.5. The van der Waals surface area contributed by atoms with E-state index in [1.165, 1.54) is 6.20 Å². The zero-order chi connectivity index (χ0) is 19.5. The molecule has 0 spiro atoms. The van der Waals surface area contributed by atoms with Crippen molar-refractivity contribution >= 4 is 23.3 Å². The molecule has 0 aliphatic heterocycles. The van der Waals surface area contributed by atoms with E-state index in [0.29, 0.717) is 24.2 Å². The predicted molar refractivity (Wildman–Crippen MR) is 104 cm³/mol. The summed E-state index contributed by atoms with van der Waals surface area (Å²) in [5.74, 6) is -0.770. The molecule has 2 rings (SSSR count). The molecular formula is C21H21N3O3. The van der Waals surface area contributed by atoms with Gasteiger partial charge in [-0.1, -0.05) is 36.4 Å². The predicted octanol–water partition coefficient (Wildman–Crippen LogP) is 3.64. The van der Waals surface area contributed by atoms with Gasteiger partial charge in [-0.25, -0.2) is 4.79 Å². The van der Waals surface area contributed by atoms with Crippen LogP contribution in [0.4, 0.5) is 11.4 Å². The van der Waals surface area contributed by atoms with Gasteiger partial charge in [0.25, 0.3) is 0 Å². The third kappa shape index (κ3) is 6.67. The highest BCUT2D eigenvalue weighted by Gasteiger charge is 2.09. The van der Waals surface area contributed by atoms with Crippen LogP contribution in [-0.4, -0.2) is 18.5 Å². The second-order valence-electron chi connectivity index (χ2n) is 5.65. The van der Waals surface area contributed by atoms with Crippen molar-refractivity contribution in [1.82, 2.24) is 0 Å². The van der Waals surface area contributed by atoms with Gasteiger partial charge < -0.3 is 15.4 Å². The lowest BCUT2D eigenvalue weighted by Gasteiger charge is -2.08. The Morgan fingerprint density at radius 2 is 1.85 bits per heavy atom. The lowest BCUT2D eigenvalue weighted by Crippen LogP contribution is -2.12. The first kappa shape index (κ1) is 19.7. The van der Waals surface area contributed by atoms with Crippen LogP contribution < -0.4 is 10.6 Å². The Labute approximate surface area is 158 Å². The SMILES string of the molecule is CCOC(=O)/C(C#N)=C\Nc1cccc(NC(=O)CCc2ccccc2)c1. The zero-order valence-corrected chi connectivity index (χ0v) is 15.1. The van der Waals surface area contributed by atoms with Crippen molar-refractivity contribution in [2.45, 2.75) is 19.8 Å². The molecule has 138 valence electrons. The van der Waals surface area contributed by atoms with Crippen molar-refractivity contribution in [3.05, 3.63) is 71.9 Å². The molecule has 0 aliphatic carbocycles. The molecule has 6 heteroatoms. The Morgan fingerprint density at radius 3 is 2.56 bits per heavy atom. The van der Waals surface area contributed by atoms with E-state index >= 15 is 0 Å². The summed E-state index contributed by atoms with van der Waals surface area (Å²) in [6.07, 6.45) is 2.33. The first-order valence-electron chi connectivity index (χ1n) is 8.60. The number of esters is 1. The number of rotatable bonds is 8. The Hall–Kier alpha value is -3.59. The average molecular weight is 363 g/mol. The average Bonchev–Trinajstić information content (AvgIpc) is 2.68. The maximum absolute atomic E-state index is 12.1. The summed E-state index contributed by atoms with van der Waals surface area (Å²) in [5, 5.41) is 14.7. The Bertz CT molecular complexity index is 854. The van der Waals surface area contributed by atoms with Crippen molar-refractivity contribution in [2.75, 3.05) is 17.2 Å². The minimum Gasteiger partial charge on any atom is -0.462 e. The lowest BCUT2D eigenvalue weighted by atomic mass is 10.1. The third-order valence-electron chi connectivity index (χ3n) is 3.63. The molecule has 27 heavy (non-hydrogen) atoms. The van der Waals surface area contributed by atoms with Gasteiger partial charge in [0.1, 0.15) is 6.07 Å². The summed E-state index contributed by atoms with van der Waals surface area (Å²) in [7, 11) is 0. The van der Waals surface area contributed by atoms with Crippen molar-refractivity contribution < 1.29 is 14.3 Å². The number of nitrogens with one attached hydrogen (secondary N) is 2. The third-order valence-corrected chi connectivity index (χ3v) is 3.63. The van der Waals surface area contributed by atoms with Crippen LogP contribution >= 0.6 is 0 Å². The molecular weight excluding hydrogens is 342 g/mol. The normalized spacial score (nSPS) is 10.6. The van der Waals surface area contributed by atoms with E-state index in [1.807, 2.05) is 30.3 Å². The van der Waals surface area contributed by atoms with Gasteiger partial charge >= 0.3 is 5.97 Å². The molecule has 2 aromatic rings. The fourth-order valence-corrected chi connectivity index (χ4v) is 2.31. The van der Waals surface area contributed by atoms with E-state index in [9.17, 15) is 9.59 Å². The van der Waals surface area contributed by atoms with Crippen LogP contribution in [0.2, 0.25) is 0 Å². The Balaban J connectivity index is 1.93. The van der Waals surface area contributed by atoms with E-state index in [4.69, 9.17) is 10.00 Å². The fourth-order valence-electron chi connectivity index (χ4n) is 2.31. The molecule has 0 radical (unpaired) electrons. The van der Waals surface area contributed by atoms with E-state index in [-0.39, 0.29) is 18.1 Å². The molecule has 0 aliphatic rings. The second-order valence-corrected chi connectivity index (χ2v) is 5.65. The summed E-state index contributed by atoms with van der Waals surface area (Å²) >= 11 is 0. The topological polar surface area (TPSA) is 91.2 Å². The summed E-state index contributed by atoms with van der Waals surface area (Å²) in [6.45, 7) is 1.87. The van der Waals surface area contributed by atoms with Crippen LogP contribution in [0.15, 0.2) is 66.4 Å². The van der Waals surface area contributed by atoms with Crippen LogP contribution in [0, 0.1) is 11.3 Å². The largest absolute Gasteiger partial charge is 0.462 e. The number of anilines is 2. The van der Waals surface area contributed by atoms with E-state index < -0.39 is 5.97 Å². The first-order valence-corrected chi connectivity index (χ1v) is 8.60. The Morgan fingerprint density at radius 1 is 1.11 bits per heavy atom. The summed E-state index contributed by atoms with van der Waals surface area (Å²) < 4.78 is 4.80. The molecule has 0 fully saturated rings. The van der Waals surface area contributed by atoms with Gasteiger partial charge in [-0.3, -0.25) is 4.79 Å². The number of carbonyl (C=O) groups is 2. The van der Waals surface area contributed by atoms with Gasteiger partial charge in [0, 0.05) is 24.0 Å². The molecule has 0 saturated heterocycles. The molecule has 6 nitrogen and oxygen atoms in total. The lowest BCUT2D eigenvalue weighted by molar-refractivity contribution is -0.138. The second kappa shape index (κ2) is 10.4. The maximum Gasteiger partial charge on any atom is 0.350 e. The number of amides is 1. The van der Waals surface area contributed by atoms with Crippen LogP contribution in [0.5, 0.6) is 0 Å². The Kier molecular flexibility index (Phi) is 7.61. The first-order chi connectivity index (χ1) is 13.1. The number of ether oxygens (including phenoxy) is 1. The smallest absolute Gasteiger partial charge is 0.350 e. The monoisotopic (exact) mass is 363 g/mol. The number of nitrogens with zero attached hydrogens (tertiary/aromatic N) is 1. The van der Waals surface area contributed by atoms with E-state index in [1.54, 1.807) is 37.3 Å². The fraction of sp³-hybridized carbons (Fsp3) is 0.190. The highest BCUT2D eigenvalue weighted by molar-refractivity contribution is 5.93. The van der Waals surface area contributed by atoms with Crippen LogP contribution in [0.1, 0.15) is 18.9 Å². The van der Waals surface area contributed by atoms with Gasteiger partial charge in [-0.15, -0.1) is 0 Å². The van der Waals surface area contributed by atoms with Gasteiger partial charge in [0.05, 0.1) is 6.61 Å². The number of nitriles is 1. The molecule has 0 aromatic heterocycles. The van der Waals surface area contributed by atoms with Crippen molar-refractivity contribution in [3.63, 3.8) is 0 Å². The quantitative estimate of drug-likeness (QED) is 0.424. The van der Waals surface area contributed by atoms with Crippen LogP contribution in [-0.2, 0) is 20.7 Å². The summed E-state index contributed by atoms with van der Waals surface area (Å²) in [6, 6.07) is 18.6. The number of hydrogen-bond acceptors (Lipinski definition) is 5. The van der Waals surface area contributed by atoms with Gasteiger partial charge in [-0.2, -0.15) is 5.26 Å². The maximum atomic E-state index is 12.1. The number of carbonyl (C=O) groups excluding carboxylic acids is 2. The van der Waals surface area contributed by atoms with Crippen molar-refractivity contribution in [1.29, 1.82) is 5.26 Å². The number of aryl methyl sites for hydroxylation is 1.